The maximum Gasteiger partial charge on any atom is 0.284 e. The molecule has 1 heterocycles. The number of aliphatic hydroxyl groups is 1. The summed E-state index contributed by atoms with van der Waals surface area (Å²) in [6.45, 7) is 9.72. The van der Waals surface area contributed by atoms with E-state index in [-0.39, 0.29) is 29.0 Å². The molecule has 1 N–H and O–H groups in total. The monoisotopic (exact) mass is 315 g/mol. The van der Waals surface area contributed by atoms with Crippen molar-refractivity contribution in [3.05, 3.63) is 11.4 Å². The number of carbonyl (C=O) groups is 1. The molecule has 9 atom stereocenters. The first kappa shape index (κ1) is 14.4. The van der Waals surface area contributed by atoms with Crippen molar-refractivity contribution in [2.24, 2.45) is 29.1 Å². The molecule has 0 bridgehead atoms. The van der Waals surface area contributed by atoms with Crippen molar-refractivity contribution < 1.29 is 14.6 Å². The Kier molecular flexibility index (Phi) is 2.74. The first-order valence-electron chi connectivity index (χ1n) is 9.28. The highest BCUT2D eigenvalue weighted by Crippen LogP contribution is 2.70. The van der Waals surface area contributed by atoms with Gasteiger partial charge in [-0.2, -0.15) is 0 Å². The number of epoxide rings is 1. The Morgan fingerprint density at radius 1 is 1.17 bits per heavy atom. The fraction of sp³-hybridized carbons (Fsp3) is 0.895. The van der Waals surface area contributed by atoms with Crippen LogP contribution >= 0.6 is 0 Å². The van der Waals surface area contributed by atoms with Gasteiger partial charge in [0.25, 0.3) is 6.04 Å². The quantitative estimate of drug-likeness (QED) is 0.552. The number of rotatable bonds is 0. The van der Waals surface area contributed by atoms with Gasteiger partial charge < -0.3 is 14.7 Å². The van der Waals surface area contributed by atoms with E-state index < -0.39 is 6.04 Å². The molecular formula is C19H25NO3. The van der Waals surface area contributed by atoms with Crippen LogP contribution in [-0.2, 0) is 9.53 Å². The van der Waals surface area contributed by atoms with Gasteiger partial charge in [0.2, 0.25) is 5.78 Å². The molecule has 1 saturated heterocycles. The Hall–Kier alpha value is -0.920. The lowest BCUT2D eigenvalue weighted by Gasteiger charge is -2.56. The normalized spacial score (nSPS) is 60.0. The zero-order valence-corrected chi connectivity index (χ0v) is 13.7. The van der Waals surface area contributed by atoms with Gasteiger partial charge in [-0.1, -0.05) is 6.92 Å². The van der Waals surface area contributed by atoms with Crippen molar-refractivity contribution in [2.45, 2.75) is 75.7 Å². The summed E-state index contributed by atoms with van der Waals surface area (Å²) < 4.78 is 6.06. The van der Waals surface area contributed by atoms with E-state index in [0.717, 1.165) is 38.5 Å². The van der Waals surface area contributed by atoms with E-state index >= 15 is 0 Å². The van der Waals surface area contributed by atoms with Gasteiger partial charge in [-0.05, 0) is 62.2 Å². The summed E-state index contributed by atoms with van der Waals surface area (Å²) in [6.07, 6.45) is 6.77. The Morgan fingerprint density at radius 2 is 1.96 bits per heavy atom. The van der Waals surface area contributed by atoms with Crippen LogP contribution in [0.2, 0.25) is 0 Å². The van der Waals surface area contributed by atoms with E-state index in [9.17, 15) is 9.90 Å². The van der Waals surface area contributed by atoms with Crippen LogP contribution in [0.25, 0.3) is 4.85 Å². The Labute approximate surface area is 137 Å². The van der Waals surface area contributed by atoms with Gasteiger partial charge in [-0.25, -0.2) is 6.57 Å². The SMILES string of the molecule is [C-]#[N+][C@@H]1C[C@]2(C)C3CCC4C(CC[C@@H]4O)C3CC[C@]23O[C@@H]3C1=O. The lowest BCUT2D eigenvalue weighted by molar-refractivity contribution is -0.128. The minimum absolute atomic E-state index is 0.0256. The van der Waals surface area contributed by atoms with Gasteiger partial charge >= 0.3 is 0 Å². The van der Waals surface area contributed by atoms with Crippen molar-refractivity contribution in [1.82, 2.24) is 0 Å². The zero-order chi connectivity index (χ0) is 16.0. The Bertz CT molecular complexity index is 612. The second-order valence-corrected chi connectivity index (χ2v) is 8.92. The molecule has 4 aliphatic carbocycles. The Balaban J connectivity index is 1.51. The summed E-state index contributed by atoms with van der Waals surface area (Å²) in [5.74, 6) is 2.41. The summed E-state index contributed by atoms with van der Waals surface area (Å²) in [4.78, 5) is 16.0. The molecule has 0 radical (unpaired) electrons. The topological polar surface area (TPSA) is 54.2 Å². The molecule has 0 aromatic carbocycles. The third-order valence-corrected chi connectivity index (χ3v) is 8.41. The van der Waals surface area contributed by atoms with Crippen molar-refractivity contribution >= 4 is 5.78 Å². The number of fused-ring (bicyclic) bond motifs is 4. The zero-order valence-electron chi connectivity index (χ0n) is 13.7. The number of ether oxygens (including phenoxy) is 1. The molecule has 0 aromatic rings. The van der Waals surface area contributed by atoms with E-state index in [1.54, 1.807) is 0 Å². The average Bonchev–Trinajstić information content (AvgIpc) is 3.19. The van der Waals surface area contributed by atoms with E-state index in [2.05, 4.69) is 11.8 Å². The summed E-state index contributed by atoms with van der Waals surface area (Å²) >= 11 is 0. The largest absolute Gasteiger partial charge is 0.393 e. The fourth-order valence-corrected chi connectivity index (χ4v) is 7.28. The van der Waals surface area contributed by atoms with E-state index in [0.29, 0.717) is 30.1 Å². The minimum atomic E-state index is -0.494. The second kappa shape index (κ2) is 4.37. The molecule has 4 unspecified atom stereocenters. The molecule has 4 saturated carbocycles. The molecule has 5 fully saturated rings. The van der Waals surface area contributed by atoms with Crippen LogP contribution in [0.3, 0.4) is 0 Å². The second-order valence-electron chi connectivity index (χ2n) is 8.92. The van der Waals surface area contributed by atoms with Gasteiger partial charge in [0.1, 0.15) is 5.60 Å². The average molecular weight is 315 g/mol. The van der Waals surface area contributed by atoms with Gasteiger partial charge in [0.15, 0.2) is 6.10 Å². The highest BCUT2D eigenvalue weighted by Gasteiger charge is 2.79. The third kappa shape index (κ3) is 1.56. The van der Waals surface area contributed by atoms with Gasteiger partial charge in [0.05, 0.1) is 6.10 Å². The van der Waals surface area contributed by atoms with Crippen LogP contribution in [-0.4, -0.2) is 34.7 Å². The first-order chi connectivity index (χ1) is 11.0. The molecule has 5 rings (SSSR count). The van der Waals surface area contributed by atoms with Crippen molar-refractivity contribution in [3.63, 3.8) is 0 Å². The molecule has 4 nitrogen and oxygen atoms in total. The highest BCUT2D eigenvalue weighted by molar-refractivity contribution is 5.94. The van der Waals surface area contributed by atoms with Crippen LogP contribution in [0.1, 0.15) is 51.9 Å². The number of carbonyl (C=O) groups excluding carboxylic acids is 1. The number of aliphatic hydroxyl groups excluding tert-OH is 1. The molecule has 124 valence electrons. The van der Waals surface area contributed by atoms with Gasteiger partial charge in [0, 0.05) is 11.8 Å². The standard InChI is InChI=1S/C19H25NO3/c1-18-9-14(20-2)16(22)17-19(18,23-17)8-7-11-10-4-6-15(21)12(10)3-5-13(11)18/h10-15,17,21H,3-9H2,1H3/t10?,11?,12?,13?,14-,15+,17-,18-,19-/m1/s1. The Morgan fingerprint density at radius 3 is 2.74 bits per heavy atom. The third-order valence-electron chi connectivity index (χ3n) is 8.41. The van der Waals surface area contributed by atoms with E-state index in [1.165, 1.54) is 0 Å². The summed E-state index contributed by atoms with van der Waals surface area (Å²) in [6, 6.07) is -0.494. The van der Waals surface area contributed by atoms with E-state index in [1.807, 2.05) is 0 Å². The number of hydrogen-bond donors (Lipinski definition) is 1. The van der Waals surface area contributed by atoms with Crippen molar-refractivity contribution in [1.29, 1.82) is 0 Å². The number of ketones is 1. The van der Waals surface area contributed by atoms with Crippen molar-refractivity contribution in [3.8, 4) is 0 Å². The molecule has 5 aliphatic rings. The molecule has 4 heteroatoms. The minimum Gasteiger partial charge on any atom is -0.393 e. The predicted octanol–water partition coefficient (Wildman–Crippen LogP) is 2.60. The van der Waals surface area contributed by atoms with Crippen molar-refractivity contribution in [2.75, 3.05) is 0 Å². The molecular weight excluding hydrogens is 290 g/mol. The van der Waals surface area contributed by atoms with Crippen LogP contribution in [0.5, 0.6) is 0 Å². The van der Waals surface area contributed by atoms with Crippen LogP contribution in [0.15, 0.2) is 0 Å². The van der Waals surface area contributed by atoms with Crippen LogP contribution in [0.4, 0.5) is 0 Å². The summed E-state index contributed by atoms with van der Waals surface area (Å²) in [5.41, 5.74) is -0.279. The highest BCUT2D eigenvalue weighted by atomic mass is 16.6. The maximum atomic E-state index is 12.4. The summed E-state index contributed by atoms with van der Waals surface area (Å²) in [5, 5.41) is 10.3. The summed E-state index contributed by atoms with van der Waals surface area (Å²) in [7, 11) is 0. The lowest BCUT2D eigenvalue weighted by atomic mass is 9.46. The first-order valence-corrected chi connectivity index (χ1v) is 9.28. The van der Waals surface area contributed by atoms with Crippen LogP contribution < -0.4 is 0 Å². The fourth-order valence-electron chi connectivity index (χ4n) is 7.28. The van der Waals surface area contributed by atoms with Gasteiger partial charge in [-0.15, -0.1) is 0 Å². The van der Waals surface area contributed by atoms with Gasteiger partial charge in [-0.3, -0.25) is 4.79 Å². The van der Waals surface area contributed by atoms with E-state index in [4.69, 9.17) is 11.3 Å². The smallest absolute Gasteiger partial charge is 0.284 e. The van der Waals surface area contributed by atoms with Crippen LogP contribution in [0, 0.1) is 35.7 Å². The molecule has 0 amide bonds. The maximum absolute atomic E-state index is 12.4. The number of hydrogen-bond acceptors (Lipinski definition) is 3. The molecule has 0 aromatic heterocycles. The molecule has 23 heavy (non-hydrogen) atoms. The predicted molar refractivity (Wildman–Crippen MR) is 83.4 cm³/mol. The lowest BCUT2D eigenvalue weighted by Crippen LogP contribution is -2.59. The molecule has 1 spiro atoms. The number of Topliss-reactive ketones (excluding diaryl/α,β-unsaturated/α-hetero) is 1. The molecule has 1 aliphatic heterocycles. The number of nitrogens with zero attached hydrogens (tertiary/aromatic N) is 1.